The van der Waals surface area contributed by atoms with Crippen LogP contribution in [0.4, 0.5) is 5.88 Å². The SMILES string of the molecule is O=C(NCc1cccc(O)c1)c1ccc([N+](=O)[O-])o1. The summed E-state index contributed by atoms with van der Waals surface area (Å²) in [6, 6.07) is 8.74. The smallest absolute Gasteiger partial charge is 0.433 e. The normalized spacial score (nSPS) is 10.1. The van der Waals surface area contributed by atoms with Crippen LogP contribution in [0.2, 0.25) is 0 Å². The van der Waals surface area contributed by atoms with Gasteiger partial charge >= 0.3 is 5.88 Å². The first kappa shape index (κ1) is 12.6. The highest BCUT2D eigenvalue weighted by Crippen LogP contribution is 2.16. The molecule has 0 atom stereocenters. The first-order valence-corrected chi connectivity index (χ1v) is 5.36. The Morgan fingerprint density at radius 1 is 1.37 bits per heavy atom. The largest absolute Gasteiger partial charge is 0.508 e. The molecule has 1 aromatic carbocycles. The summed E-state index contributed by atoms with van der Waals surface area (Å²) in [6.45, 7) is 0.182. The monoisotopic (exact) mass is 262 g/mol. The molecule has 1 amide bonds. The quantitative estimate of drug-likeness (QED) is 0.645. The van der Waals surface area contributed by atoms with Crippen LogP contribution in [0.15, 0.2) is 40.8 Å². The number of nitro groups is 1. The molecule has 2 N–H and O–H groups in total. The second kappa shape index (κ2) is 5.21. The number of phenols is 1. The van der Waals surface area contributed by atoms with Gasteiger partial charge < -0.3 is 14.8 Å². The number of benzene rings is 1. The Kier molecular flexibility index (Phi) is 3.46. The number of hydrogen-bond donors (Lipinski definition) is 2. The molecular weight excluding hydrogens is 252 g/mol. The van der Waals surface area contributed by atoms with Crippen LogP contribution in [0.3, 0.4) is 0 Å². The topological polar surface area (TPSA) is 106 Å². The van der Waals surface area contributed by atoms with Crippen LogP contribution in [-0.4, -0.2) is 15.9 Å². The molecule has 0 saturated heterocycles. The van der Waals surface area contributed by atoms with Crippen LogP contribution in [0, 0.1) is 10.1 Å². The van der Waals surface area contributed by atoms with Crippen molar-refractivity contribution in [2.75, 3.05) is 0 Å². The van der Waals surface area contributed by atoms with Gasteiger partial charge in [-0.15, -0.1) is 0 Å². The molecule has 2 aromatic rings. The summed E-state index contributed by atoms with van der Waals surface area (Å²) < 4.78 is 4.76. The van der Waals surface area contributed by atoms with Gasteiger partial charge in [0.25, 0.3) is 5.91 Å². The van der Waals surface area contributed by atoms with E-state index in [2.05, 4.69) is 5.32 Å². The predicted octanol–water partition coefficient (Wildman–Crippen LogP) is 1.82. The van der Waals surface area contributed by atoms with Crippen molar-refractivity contribution in [1.82, 2.24) is 5.32 Å². The molecular formula is C12H10N2O5. The van der Waals surface area contributed by atoms with E-state index in [0.29, 0.717) is 5.56 Å². The number of carbonyl (C=O) groups excluding carboxylic acids is 1. The summed E-state index contributed by atoms with van der Waals surface area (Å²) >= 11 is 0. The third-order valence-corrected chi connectivity index (χ3v) is 2.36. The average molecular weight is 262 g/mol. The molecule has 0 radical (unpaired) electrons. The molecule has 19 heavy (non-hydrogen) atoms. The first-order chi connectivity index (χ1) is 9.06. The van der Waals surface area contributed by atoms with Gasteiger partial charge in [0.05, 0.1) is 6.07 Å². The number of furan rings is 1. The van der Waals surface area contributed by atoms with Gasteiger partial charge in [-0.2, -0.15) is 0 Å². The Morgan fingerprint density at radius 3 is 2.79 bits per heavy atom. The summed E-state index contributed by atoms with van der Waals surface area (Å²) in [4.78, 5) is 21.3. The van der Waals surface area contributed by atoms with Gasteiger partial charge in [0, 0.05) is 6.54 Å². The average Bonchev–Trinajstić information content (AvgIpc) is 2.86. The van der Waals surface area contributed by atoms with Gasteiger partial charge in [0.15, 0.2) is 5.76 Å². The second-order valence-electron chi connectivity index (χ2n) is 3.75. The van der Waals surface area contributed by atoms with Crippen LogP contribution in [0.5, 0.6) is 5.75 Å². The number of hydrogen-bond acceptors (Lipinski definition) is 5. The first-order valence-electron chi connectivity index (χ1n) is 5.36. The van der Waals surface area contributed by atoms with Gasteiger partial charge in [-0.25, -0.2) is 0 Å². The van der Waals surface area contributed by atoms with Crippen molar-refractivity contribution in [1.29, 1.82) is 0 Å². The molecule has 0 bridgehead atoms. The summed E-state index contributed by atoms with van der Waals surface area (Å²) in [5.74, 6) is -1.08. The Morgan fingerprint density at radius 2 is 2.16 bits per heavy atom. The lowest BCUT2D eigenvalue weighted by Crippen LogP contribution is -2.22. The standard InChI is InChI=1S/C12H10N2O5/c15-9-3-1-2-8(6-9)7-13-12(16)10-4-5-11(19-10)14(17)18/h1-6,15H,7H2,(H,13,16). The van der Waals surface area contributed by atoms with E-state index in [-0.39, 0.29) is 18.1 Å². The van der Waals surface area contributed by atoms with E-state index in [1.54, 1.807) is 12.1 Å². The van der Waals surface area contributed by atoms with E-state index in [1.165, 1.54) is 18.2 Å². The van der Waals surface area contributed by atoms with Gasteiger partial charge in [-0.05, 0) is 23.8 Å². The number of phenolic OH excluding ortho intramolecular Hbond substituents is 1. The van der Waals surface area contributed by atoms with E-state index in [1.807, 2.05) is 0 Å². The minimum Gasteiger partial charge on any atom is -0.508 e. The third-order valence-electron chi connectivity index (χ3n) is 2.36. The van der Waals surface area contributed by atoms with Gasteiger partial charge in [-0.1, -0.05) is 12.1 Å². The summed E-state index contributed by atoms with van der Waals surface area (Å²) in [5, 5.41) is 22.2. The molecule has 0 aliphatic carbocycles. The van der Waals surface area contributed by atoms with Crippen LogP contribution >= 0.6 is 0 Å². The zero-order valence-corrected chi connectivity index (χ0v) is 9.70. The van der Waals surface area contributed by atoms with Crippen molar-refractivity contribution in [2.45, 2.75) is 6.54 Å². The van der Waals surface area contributed by atoms with Crippen molar-refractivity contribution in [3.63, 3.8) is 0 Å². The molecule has 0 unspecified atom stereocenters. The van der Waals surface area contributed by atoms with E-state index in [0.717, 1.165) is 6.07 Å². The molecule has 7 nitrogen and oxygen atoms in total. The van der Waals surface area contributed by atoms with Crippen molar-refractivity contribution in [3.05, 3.63) is 57.8 Å². The van der Waals surface area contributed by atoms with Crippen LogP contribution in [-0.2, 0) is 6.54 Å². The van der Waals surface area contributed by atoms with E-state index >= 15 is 0 Å². The fourth-order valence-corrected chi connectivity index (χ4v) is 1.48. The van der Waals surface area contributed by atoms with Crippen molar-refractivity contribution >= 4 is 11.8 Å². The molecule has 0 aliphatic heterocycles. The minimum absolute atomic E-state index is 0.0976. The molecule has 7 heteroatoms. The van der Waals surface area contributed by atoms with Gasteiger partial charge in [0.2, 0.25) is 0 Å². The van der Waals surface area contributed by atoms with Crippen LogP contribution in [0.1, 0.15) is 16.1 Å². The predicted molar refractivity (Wildman–Crippen MR) is 64.6 cm³/mol. The Bertz CT molecular complexity index is 620. The Balaban J connectivity index is 1.99. The zero-order valence-electron chi connectivity index (χ0n) is 9.70. The maximum absolute atomic E-state index is 11.6. The minimum atomic E-state index is -0.716. The molecule has 0 saturated carbocycles. The number of aromatic hydroxyl groups is 1. The summed E-state index contributed by atoms with van der Waals surface area (Å²) in [7, 11) is 0. The maximum atomic E-state index is 11.6. The van der Waals surface area contributed by atoms with Crippen molar-refractivity contribution < 1.29 is 19.2 Å². The lowest BCUT2D eigenvalue weighted by Gasteiger charge is -2.03. The lowest BCUT2D eigenvalue weighted by molar-refractivity contribution is -0.402. The fraction of sp³-hybridized carbons (Fsp3) is 0.0833. The van der Waals surface area contributed by atoms with Gasteiger partial charge in [0.1, 0.15) is 10.7 Å². The van der Waals surface area contributed by atoms with E-state index in [9.17, 15) is 20.0 Å². The number of amides is 1. The van der Waals surface area contributed by atoms with Gasteiger partial charge in [-0.3, -0.25) is 14.9 Å². The zero-order chi connectivity index (χ0) is 13.8. The summed E-state index contributed by atoms with van der Waals surface area (Å²) in [6.07, 6.45) is 0. The Hall–Kier alpha value is -2.83. The lowest BCUT2D eigenvalue weighted by atomic mass is 10.2. The molecule has 0 aliphatic rings. The highest BCUT2D eigenvalue weighted by Gasteiger charge is 2.16. The maximum Gasteiger partial charge on any atom is 0.433 e. The Labute approximate surface area is 107 Å². The van der Waals surface area contributed by atoms with Crippen molar-refractivity contribution in [2.24, 2.45) is 0 Å². The molecule has 1 aromatic heterocycles. The molecule has 2 rings (SSSR count). The molecule has 1 heterocycles. The van der Waals surface area contributed by atoms with E-state index < -0.39 is 16.7 Å². The molecule has 0 fully saturated rings. The van der Waals surface area contributed by atoms with Crippen LogP contribution < -0.4 is 5.32 Å². The second-order valence-corrected chi connectivity index (χ2v) is 3.75. The summed E-state index contributed by atoms with van der Waals surface area (Å²) in [5.41, 5.74) is 0.703. The highest BCUT2D eigenvalue weighted by molar-refractivity contribution is 5.91. The third kappa shape index (κ3) is 3.09. The number of nitrogens with zero attached hydrogens (tertiary/aromatic N) is 1. The molecule has 98 valence electrons. The number of carbonyl (C=O) groups is 1. The highest BCUT2D eigenvalue weighted by atomic mass is 16.6. The van der Waals surface area contributed by atoms with E-state index in [4.69, 9.17) is 4.42 Å². The fourth-order valence-electron chi connectivity index (χ4n) is 1.48. The number of nitrogens with one attached hydrogen (secondary N) is 1. The number of rotatable bonds is 4. The van der Waals surface area contributed by atoms with Crippen LogP contribution in [0.25, 0.3) is 0 Å². The van der Waals surface area contributed by atoms with Crippen molar-refractivity contribution in [3.8, 4) is 5.75 Å². The molecule has 0 spiro atoms.